The van der Waals surface area contributed by atoms with Gasteiger partial charge in [0.05, 0.1) is 6.10 Å². The summed E-state index contributed by atoms with van der Waals surface area (Å²) in [6.45, 7) is 5.61. The van der Waals surface area contributed by atoms with Crippen molar-refractivity contribution < 1.29 is 5.11 Å². The third-order valence-corrected chi connectivity index (χ3v) is 1.31. The SMILES string of the molecule is C=CCC([O])CCCC. The summed E-state index contributed by atoms with van der Waals surface area (Å²) in [7, 11) is 0. The van der Waals surface area contributed by atoms with Crippen molar-refractivity contribution in [2.75, 3.05) is 0 Å². The highest BCUT2D eigenvalue weighted by Gasteiger charge is 2.00. The molecule has 9 heavy (non-hydrogen) atoms. The predicted octanol–water partition coefficient (Wildman–Crippen LogP) is 2.55. The summed E-state index contributed by atoms with van der Waals surface area (Å²) in [5, 5.41) is 10.8. The van der Waals surface area contributed by atoms with Crippen molar-refractivity contribution in [2.45, 2.75) is 38.7 Å². The molecular weight excluding hydrogens is 112 g/mol. The summed E-state index contributed by atoms with van der Waals surface area (Å²) < 4.78 is 0. The maximum absolute atomic E-state index is 10.8. The van der Waals surface area contributed by atoms with Crippen LogP contribution in [0.5, 0.6) is 0 Å². The van der Waals surface area contributed by atoms with Crippen LogP contribution in [-0.2, 0) is 5.11 Å². The Morgan fingerprint density at radius 2 is 2.33 bits per heavy atom. The second kappa shape index (κ2) is 5.83. The van der Waals surface area contributed by atoms with Crippen LogP contribution in [0.2, 0.25) is 0 Å². The van der Waals surface area contributed by atoms with E-state index in [2.05, 4.69) is 13.5 Å². The average Bonchev–Trinajstić information content (AvgIpc) is 1.85. The Kier molecular flexibility index (Phi) is 5.64. The lowest BCUT2D eigenvalue weighted by Crippen LogP contribution is -2.01. The maximum Gasteiger partial charge on any atom is 0.0964 e. The summed E-state index contributed by atoms with van der Waals surface area (Å²) in [5.74, 6) is 0. The van der Waals surface area contributed by atoms with E-state index in [-0.39, 0.29) is 0 Å². The van der Waals surface area contributed by atoms with Gasteiger partial charge in [0, 0.05) is 0 Å². The van der Waals surface area contributed by atoms with E-state index in [4.69, 9.17) is 0 Å². The Balaban J connectivity index is 3.04. The molecule has 53 valence electrons. The molecule has 1 atom stereocenters. The van der Waals surface area contributed by atoms with E-state index < -0.39 is 6.10 Å². The maximum atomic E-state index is 10.8. The molecule has 1 radical (unpaired) electrons. The lowest BCUT2D eigenvalue weighted by atomic mass is 10.1. The minimum absolute atomic E-state index is 0.401. The van der Waals surface area contributed by atoms with Crippen molar-refractivity contribution in [2.24, 2.45) is 0 Å². The van der Waals surface area contributed by atoms with E-state index in [0.717, 1.165) is 19.3 Å². The summed E-state index contributed by atoms with van der Waals surface area (Å²) in [6, 6.07) is 0. The van der Waals surface area contributed by atoms with Gasteiger partial charge in [-0.3, -0.25) is 0 Å². The molecule has 0 aromatic heterocycles. The monoisotopic (exact) mass is 127 g/mol. The molecule has 0 rings (SSSR count). The minimum atomic E-state index is -0.401. The average molecular weight is 127 g/mol. The van der Waals surface area contributed by atoms with Crippen LogP contribution in [-0.4, -0.2) is 6.10 Å². The molecule has 0 aliphatic heterocycles. The molecule has 0 aromatic carbocycles. The zero-order valence-corrected chi connectivity index (χ0v) is 6.10. The van der Waals surface area contributed by atoms with Gasteiger partial charge in [0.2, 0.25) is 0 Å². The third-order valence-electron chi connectivity index (χ3n) is 1.31. The molecule has 0 amide bonds. The molecule has 1 heteroatoms. The number of hydrogen-bond donors (Lipinski definition) is 0. The molecule has 0 spiro atoms. The largest absolute Gasteiger partial charge is 0.233 e. The summed E-state index contributed by atoms with van der Waals surface area (Å²) >= 11 is 0. The van der Waals surface area contributed by atoms with Gasteiger partial charge in [0.25, 0.3) is 0 Å². The van der Waals surface area contributed by atoms with Gasteiger partial charge >= 0.3 is 0 Å². The van der Waals surface area contributed by atoms with Gasteiger partial charge in [-0.15, -0.1) is 6.58 Å². The van der Waals surface area contributed by atoms with Crippen LogP contribution >= 0.6 is 0 Å². The first kappa shape index (κ1) is 8.70. The summed E-state index contributed by atoms with van der Waals surface area (Å²) in [4.78, 5) is 0. The topological polar surface area (TPSA) is 19.9 Å². The van der Waals surface area contributed by atoms with E-state index in [1.807, 2.05) is 0 Å². The van der Waals surface area contributed by atoms with Crippen LogP contribution in [0.1, 0.15) is 32.6 Å². The van der Waals surface area contributed by atoms with Gasteiger partial charge in [0.15, 0.2) is 0 Å². The Morgan fingerprint density at radius 3 is 2.78 bits per heavy atom. The smallest absolute Gasteiger partial charge is 0.0964 e. The van der Waals surface area contributed by atoms with Crippen molar-refractivity contribution in [1.82, 2.24) is 0 Å². The summed E-state index contributed by atoms with van der Waals surface area (Å²) in [6.07, 6.45) is 4.91. The Labute approximate surface area is 57.4 Å². The van der Waals surface area contributed by atoms with Crippen LogP contribution in [0.15, 0.2) is 12.7 Å². The molecule has 0 saturated carbocycles. The lowest BCUT2D eigenvalue weighted by molar-refractivity contribution is 0.0819. The normalized spacial score (nSPS) is 13.1. The molecular formula is C8H15O. The van der Waals surface area contributed by atoms with Crippen molar-refractivity contribution in [3.8, 4) is 0 Å². The quantitative estimate of drug-likeness (QED) is 0.506. The molecule has 0 saturated heterocycles. The van der Waals surface area contributed by atoms with Gasteiger partial charge in [-0.1, -0.05) is 25.8 Å². The first-order valence-corrected chi connectivity index (χ1v) is 3.58. The zero-order chi connectivity index (χ0) is 7.11. The molecule has 1 unspecified atom stereocenters. The molecule has 1 nitrogen and oxygen atoms in total. The fourth-order valence-corrected chi connectivity index (χ4v) is 0.736. The van der Waals surface area contributed by atoms with Crippen LogP contribution in [0.4, 0.5) is 0 Å². The fraction of sp³-hybridized carbons (Fsp3) is 0.750. The van der Waals surface area contributed by atoms with E-state index >= 15 is 0 Å². The number of hydrogen-bond acceptors (Lipinski definition) is 0. The number of unbranched alkanes of at least 4 members (excludes halogenated alkanes) is 1. The number of rotatable bonds is 5. The molecule has 0 N–H and O–H groups in total. The zero-order valence-electron chi connectivity index (χ0n) is 6.10. The Bertz CT molecular complexity index is 69.0. The standard InChI is InChI=1S/C8H15O/c1-3-5-7-8(9)6-4-2/h4,8H,2-3,5-7H2,1H3. The van der Waals surface area contributed by atoms with Gasteiger partial charge in [0.1, 0.15) is 0 Å². The van der Waals surface area contributed by atoms with Crippen LogP contribution < -0.4 is 0 Å². The van der Waals surface area contributed by atoms with Crippen molar-refractivity contribution in [1.29, 1.82) is 0 Å². The second-order valence-corrected chi connectivity index (χ2v) is 2.29. The van der Waals surface area contributed by atoms with Gasteiger partial charge in [-0.05, 0) is 12.8 Å². The van der Waals surface area contributed by atoms with Crippen molar-refractivity contribution >= 4 is 0 Å². The van der Waals surface area contributed by atoms with E-state index in [0.29, 0.717) is 6.42 Å². The van der Waals surface area contributed by atoms with Crippen LogP contribution in [0, 0.1) is 0 Å². The van der Waals surface area contributed by atoms with E-state index in [1.165, 1.54) is 0 Å². The lowest BCUT2D eigenvalue weighted by Gasteiger charge is -2.01. The van der Waals surface area contributed by atoms with Crippen molar-refractivity contribution in [3.05, 3.63) is 12.7 Å². The van der Waals surface area contributed by atoms with Gasteiger partial charge in [-0.25, -0.2) is 5.11 Å². The molecule has 0 bridgehead atoms. The predicted molar refractivity (Wildman–Crippen MR) is 38.8 cm³/mol. The van der Waals surface area contributed by atoms with Gasteiger partial charge < -0.3 is 0 Å². The first-order chi connectivity index (χ1) is 4.31. The third kappa shape index (κ3) is 5.57. The van der Waals surface area contributed by atoms with Crippen LogP contribution in [0.25, 0.3) is 0 Å². The first-order valence-electron chi connectivity index (χ1n) is 3.58. The fourth-order valence-electron chi connectivity index (χ4n) is 0.736. The second-order valence-electron chi connectivity index (χ2n) is 2.29. The Morgan fingerprint density at radius 1 is 1.67 bits per heavy atom. The minimum Gasteiger partial charge on any atom is -0.233 e. The Hall–Kier alpha value is -0.300. The van der Waals surface area contributed by atoms with Crippen LogP contribution in [0.3, 0.4) is 0 Å². The van der Waals surface area contributed by atoms with E-state index in [9.17, 15) is 5.11 Å². The summed E-state index contributed by atoms with van der Waals surface area (Å²) in [5.41, 5.74) is 0. The molecule has 0 aliphatic carbocycles. The highest BCUT2D eigenvalue weighted by molar-refractivity contribution is 4.71. The highest BCUT2D eigenvalue weighted by Crippen LogP contribution is 2.04. The molecule has 0 heterocycles. The molecule has 0 aliphatic rings. The molecule has 0 aromatic rings. The van der Waals surface area contributed by atoms with Crippen molar-refractivity contribution in [3.63, 3.8) is 0 Å². The highest BCUT2D eigenvalue weighted by atomic mass is 16.3. The molecule has 0 fully saturated rings. The van der Waals surface area contributed by atoms with Gasteiger partial charge in [-0.2, -0.15) is 0 Å². The van der Waals surface area contributed by atoms with E-state index in [1.54, 1.807) is 6.08 Å².